The number of methoxy groups -OCH3 is 1. The van der Waals surface area contributed by atoms with Crippen molar-refractivity contribution in [2.24, 2.45) is 0 Å². The minimum Gasteiger partial charge on any atom is -0.465 e. The van der Waals surface area contributed by atoms with Crippen molar-refractivity contribution in [3.05, 3.63) is 71.1 Å². The molecule has 6 nitrogen and oxygen atoms in total. The van der Waals surface area contributed by atoms with Gasteiger partial charge in [-0.25, -0.2) is 19.2 Å². The number of pyridine rings is 2. The number of anilines is 2. The SMILES string of the molecule is COC(=O)c1ccc(F)c(-c2cccc(N)n2)c1.Nc1cccc(Cl)n1. The summed E-state index contributed by atoms with van der Waals surface area (Å²) < 4.78 is 18.3. The molecule has 8 heteroatoms. The van der Waals surface area contributed by atoms with Gasteiger partial charge in [-0.2, -0.15) is 0 Å². The molecule has 134 valence electrons. The first kappa shape index (κ1) is 19.1. The van der Waals surface area contributed by atoms with E-state index in [4.69, 9.17) is 23.1 Å². The van der Waals surface area contributed by atoms with E-state index in [-0.39, 0.29) is 16.9 Å². The molecule has 3 aromatic rings. The van der Waals surface area contributed by atoms with Gasteiger partial charge in [0.1, 0.15) is 22.6 Å². The zero-order chi connectivity index (χ0) is 19.1. The Labute approximate surface area is 154 Å². The molecule has 2 heterocycles. The molecule has 0 radical (unpaired) electrons. The molecule has 0 aliphatic carbocycles. The van der Waals surface area contributed by atoms with E-state index < -0.39 is 11.8 Å². The van der Waals surface area contributed by atoms with E-state index in [1.807, 2.05) is 0 Å². The first-order valence-corrected chi connectivity index (χ1v) is 7.77. The number of rotatable bonds is 2. The lowest BCUT2D eigenvalue weighted by Crippen LogP contribution is -2.02. The number of nitrogen functional groups attached to an aromatic ring is 2. The summed E-state index contributed by atoms with van der Waals surface area (Å²) in [6.07, 6.45) is 0. The fourth-order valence-electron chi connectivity index (χ4n) is 1.99. The number of benzene rings is 1. The summed E-state index contributed by atoms with van der Waals surface area (Å²) in [6.45, 7) is 0. The number of aromatic nitrogens is 2. The lowest BCUT2D eigenvalue weighted by atomic mass is 10.1. The summed E-state index contributed by atoms with van der Waals surface area (Å²) in [7, 11) is 1.27. The van der Waals surface area contributed by atoms with Gasteiger partial charge in [-0.1, -0.05) is 23.7 Å². The Morgan fingerprint density at radius 3 is 2.23 bits per heavy atom. The number of nitrogens with two attached hydrogens (primary N) is 2. The molecule has 0 fully saturated rings. The van der Waals surface area contributed by atoms with Crippen molar-refractivity contribution in [1.29, 1.82) is 0 Å². The largest absolute Gasteiger partial charge is 0.465 e. The molecule has 0 atom stereocenters. The van der Waals surface area contributed by atoms with Gasteiger partial charge in [0.05, 0.1) is 18.4 Å². The lowest BCUT2D eigenvalue weighted by molar-refractivity contribution is 0.0600. The number of carbonyl (C=O) groups excluding carboxylic acids is 1. The Hall–Kier alpha value is -3.19. The van der Waals surface area contributed by atoms with Gasteiger partial charge in [-0.05, 0) is 42.5 Å². The molecule has 1 aromatic carbocycles. The third-order valence-corrected chi connectivity index (χ3v) is 3.38. The van der Waals surface area contributed by atoms with E-state index in [9.17, 15) is 9.18 Å². The average Bonchev–Trinajstić information content (AvgIpc) is 2.62. The number of nitrogens with zero attached hydrogens (tertiary/aromatic N) is 2. The second-order valence-corrected chi connectivity index (χ2v) is 5.41. The van der Waals surface area contributed by atoms with Gasteiger partial charge in [0.25, 0.3) is 0 Å². The predicted octanol–water partition coefficient (Wildman–Crippen LogP) is 3.57. The highest BCUT2D eigenvalue weighted by Gasteiger charge is 2.12. The molecule has 0 aliphatic heterocycles. The Kier molecular flexibility index (Phi) is 6.46. The maximum atomic E-state index is 13.7. The van der Waals surface area contributed by atoms with E-state index >= 15 is 0 Å². The van der Waals surface area contributed by atoms with Crippen molar-refractivity contribution in [1.82, 2.24) is 9.97 Å². The molecule has 0 bridgehead atoms. The average molecular weight is 375 g/mol. The van der Waals surface area contributed by atoms with Crippen molar-refractivity contribution in [3.8, 4) is 11.3 Å². The number of esters is 1. The highest BCUT2D eigenvalue weighted by molar-refractivity contribution is 6.29. The molecule has 0 aliphatic rings. The number of halogens is 2. The van der Waals surface area contributed by atoms with E-state index in [0.717, 1.165) is 0 Å². The van der Waals surface area contributed by atoms with Crippen molar-refractivity contribution in [2.45, 2.75) is 0 Å². The van der Waals surface area contributed by atoms with Crippen molar-refractivity contribution in [2.75, 3.05) is 18.6 Å². The van der Waals surface area contributed by atoms with Gasteiger partial charge in [0, 0.05) is 5.56 Å². The zero-order valence-corrected chi connectivity index (χ0v) is 14.6. The van der Waals surface area contributed by atoms with E-state index in [1.165, 1.54) is 25.3 Å². The summed E-state index contributed by atoms with van der Waals surface area (Å²) in [4.78, 5) is 19.1. The fraction of sp³-hybridized carbons (Fsp3) is 0.0556. The predicted molar refractivity (Wildman–Crippen MR) is 99.0 cm³/mol. The van der Waals surface area contributed by atoms with Crippen LogP contribution in [0.15, 0.2) is 54.6 Å². The van der Waals surface area contributed by atoms with Gasteiger partial charge in [0.15, 0.2) is 0 Å². The Morgan fingerprint density at radius 1 is 1.04 bits per heavy atom. The van der Waals surface area contributed by atoms with Crippen molar-refractivity contribution < 1.29 is 13.9 Å². The maximum absolute atomic E-state index is 13.7. The van der Waals surface area contributed by atoms with Crippen LogP contribution < -0.4 is 11.5 Å². The summed E-state index contributed by atoms with van der Waals surface area (Å²) in [5.74, 6) is -0.256. The summed E-state index contributed by atoms with van der Waals surface area (Å²) in [5.41, 5.74) is 11.7. The first-order chi connectivity index (χ1) is 12.4. The standard InChI is InChI=1S/C13H11FN2O2.C5H5ClN2/c1-18-13(17)8-5-6-10(14)9(7-8)11-3-2-4-12(15)16-11;6-4-2-1-3-5(7)8-4/h2-7H,1H3,(H2,15,16);1-3H,(H2,7,8). The molecular formula is C18H16ClFN4O2. The minimum absolute atomic E-state index is 0.213. The number of ether oxygens (including phenoxy) is 1. The summed E-state index contributed by atoms with van der Waals surface area (Å²) in [5, 5.41) is 0.435. The maximum Gasteiger partial charge on any atom is 0.337 e. The normalized spacial score (nSPS) is 9.81. The molecular weight excluding hydrogens is 359 g/mol. The van der Waals surface area contributed by atoms with Gasteiger partial charge in [0.2, 0.25) is 0 Å². The van der Waals surface area contributed by atoms with Gasteiger partial charge >= 0.3 is 5.97 Å². The van der Waals surface area contributed by atoms with Crippen molar-refractivity contribution >= 4 is 29.2 Å². The molecule has 0 saturated heterocycles. The van der Waals surface area contributed by atoms with Crippen molar-refractivity contribution in [3.63, 3.8) is 0 Å². The Morgan fingerprint density at radius 2 is 1.69 bits per heavy atom. The van der Waals surface area contributed by atoms with Crippen LogP contribution in [0.1, 0.15) is 10.4 Å². The van der Waals surface area contributed by atoms with E-state index in [0.29, 0.717) is 16.7 Å². The molecule has 0 unspecified atom stereocenters. The highest BCUT2D eigenvalue weighted by atomic mass is 35.5. The quantitative estimate of drug-likeness (QED) is 0.525. The summed E-state index contributed by atoms with van der Waals surface area (Å²) >= 11 is 5.45. The van der Waals surface area contributed by atoms with Crippen LogP contribution in [0, 0.1) is 5.82 Å². The minimum atomic E-state index is -0.528. The fourth-order valence-corrected chi connectivity index (χ4v) is 2.16. The van der Waals surface area contributed by atoms with Gasteiger partial charge < -0.3 is 16.2 Å². The van der Waals surface area contributed by atoms with Crippen LogP contribution >= 0.6 is 11.6 Å². The van der Waals surface area contributed by atoms with Crippen LogP contribution in [0.4, 0.5) is 16.0 Å². The second kappa shape index (κ2) is 8.77. The van der Waals surface area contributed by atoms with Crippen LogP contribution in [0.25, 0.3) is 11.3 Å². The van der Waals surface area contributed by atoms with Crippen LogP contribution in [0.3, 0.4) is 0 Å². The Bertz CT molecular complexity index is 904. The van der Waals surface area contributed by atoms with Crippen LogP contribution in [0.5, 0.6) is 0 Å². The van der Waals surface area contributed by atoms with E-state index in [1.54, 1.807) is 36.4 Å². The molecule has 3 rings (SSSR count). The van der Waals surface area contributed by atoms with Crippen LogP contribution in [-0.2, 0) is 4.74 Å². The highest BCUT2D eigenvalue weighted by Crippen LogP contribution is 2.23. The van der Waals surface area contributed by atoms with Crippen LogP contribution in [-0.4, -0.2) is 23.0 Å². The topological polar surface area (TPSA) is 104 Å². The lowest BCUT2D eigenvalue weighted by Gasteiger charge is -2.06. The summed E-state index contributed by atoms with van der Waals surface area (Å²) in [6, 6.07) is 14.0. The Balaban J connectivity index is 0.000000254. The smallest absolute Gasteiger partial charge is 0.337 e. The molecule has 0 saturated carbocycles. The van der Waals surface area contributed by atoms with Gasteiger partial charge in [-0.15, -0.1) is 0 Å². The third-order valence-electron chi connectivity index (χ3n) is 3.17. The molecule has 2 aromatic heterocycles. The third kappa shape index (κ3) is 5.15. The molecule has 26 heavy (non-hydrogen) atoms. The molecule has 0 spiro atoms. The number of hydrogen-bond acceptors (Lipinski definition) is 6. The first-order valence-electron chi connectivity index (χ1n) is 7.39. The monoisotopic (exact) mass is 374 g/mol. The molecule has 0 amide bonds. The zero-order valence-electron chi connectivity index (χ0n) is 13.8. The molecule has 4 N–H and O–H groups in total. The van der Waals surface area contributed by atoms with Gasteiger partial charge in [-0.3, -0.25) is 0 Å². The van der Waals surface area contributed by atoms with Crippen LogP contribution in [0.2, 0.25) is 5.15 Å². The number of carbonyl (C=O) groups is 1. The van der Waals surface area contributed by atoms with E-state index in [2.05, 4.69) is 14.7 Å². The number of hydrogen-bond donors (Lipinski definition) is 2. The second-order valence-electron chi connectivity index (χ2n) is 5.02.